The van der Waals surface area contributed by atoms with Crippen LogP contribution >= 0.6 is 27.3 Å². The number of thiophene rings is 1. The largest absolute Gasteiger partial charge is 0.337 e. The molecule has 0 aliphatic carbocycles. The molecule has 2 rings (SSSR count). The van der Waals surface area contributed by atoms with E-state index in [2.05, 4.69) is 34.3 Å². The SMILES string of the molecule is CCCC1CC(=O)N(Cc2cc(Br)cs2)C1. The van der Waals surface area contributed by atoms with Crippen LogP contribution in [0, 0.1) is 5.92 Å². The van der Waals surface area contributed by atoms with Crippen LogP contribution in [0.2, 0.25) is 0 Å². The van der Waals surface area contributed by atoms with Crippen LogP contribution in [0.15, 0.2) is 15.9 Å². The molecule has 1 saturated heterocycles. The van der Waals surface area contributed by atoms with Gasteiger partial charge in [0.05, 0.1) is 6.54 Å². The van der Waals surface area contributed by atoms with E-state index in [4.69, 9.17) is 0 Å². The van der Waals surface area contributed by atoms with E-state index in [-0.39, 0.29) is 0 Å². The van der Waals surface area contributed by atoms with Gasteiger partial charge in [0.1, 0.15) is 0 Å². The van der Waals surface area contributed by atoms with Gasteiger partial charge >= 0.3 is 0 Å². The molecule has 1 aliphatic heterocycles. The van der Waals surface area contributed by atoms with Crippen molar-refractivity contribution in [2.75, 3.05) is 6.54 Å². The van der Waals surface area contributed by atoms with Crippen molar-refractivity contribution in [3.63, 3.8) is 0 Å². The molecule has 16 heavy (non-hydrogen) atoms. The Morgan fingerprint density at radius 3 is 3.06 bits per heavy atom. The Kier molecular flexibility index (Phi) is 4.03. The Labute approximate surface area is 109 Å². The van der Waals surface area contributed by atoms with E-state index in [9.17, 15) is 4.79 Å². The van der Waals surface area contributed by atoms with E-state index in [1.807, 2.05) is 4.90 Å². The Morgan fingerprint density at radius 2 is 2.44 bits per heavy atom. The van der Waals surface area contributed by atoms with Crippen LogP contribution in [0.25, 0.3) is 0 Å². The van der Waals surface area contributed by atoms with Crippen molar-refractivity contribution >= 4 is 33.2 Å². The highest BCUT2D eigenvalue weighted by Gasteiger charge is 2.28. The normalized spacial score (nSPS) is 20.8. The van der Waals surface area contributed by atoms with Crippen LogP contribution in [0.4, 0.5) is 0 Å². The summed E-state index contributed by atoms with van der Waals surface area (Å²) in [5.74, 6) is 0.906. The highest BCUT2D eigenvalue weighted by atomic mass is 79.9. The topological polar surface area (TPSA) is 20.3 Å². The molecular formula is C12H16BrNOS. The smallest absolute Gasteiger partial charge is 0.223 e. The number of hydrogen-bond donors (Lipinski definition) is 0. The Hall–Kier alpha value is -0.350. The van der Waals surface area contributed by atoms with Gasteiger partial charge in [0.2, 0.25) is 5.91 Å². The van der Waals surface area contributed by atoms with Crippen LogP contribution < -0.4 is 0 Å². The summed E-state index contributed by atoms with van der Waals surface area (Å²) in [4.78, 5) is 15.0. The number of carbonyl (C=O) groups is 1. The van der Waals surface area contributed by atoms with Gasteiger partial charge in [-0.25, -0.2) is 0 Å². The molecule has 0 spiro atoms. The van der Waals surface area contributed by atoms with Gasteiger partial charge in [-0.2, -0.15) is 0 Å². The van der Waals surface area contributed by atoms with Gasteiger partial charge in [-0.1, -0.05) is 13.3 Å². The minimum absolute atomic E-state index is 0.322. The summed E-state index contributed by atoms with van der Waals surface area (Å²) in [5, 5.41) is 2.07. The van der Waals surface area contributed by atoms with Crippen molar-refractivity contribution in [1.82, 2.24) is 4.90 Å². The van der Waals surface area contributed by atoms with Crippen LogP contribution in [0.5, 0.6) is 0 Å². The van der Waals surface area contributed by atoms with Gasteiger partial charge in [-0.05, 0) is 34.3 Å². The predicted octanol–water partition coefficient (Wildman–Crippen LogP) is 3.66. The zero-order chi connectivity index (χ0) is 11.5. The third kappa shape index (κ3) is 2.86. The van der Waals surface area contributed by atoms with Gasteiger partial charge in [-0.3, -0.25) is 4.79 Å². The summed E-state index contributed by atoms with van der Waals surface area (Å²) in [6.45, 7) is 3.92. The molecule has 2 nitrogen and oxygen atoms in total. The molecule has 0 saturated carbocycles. The molecule has 88 valence electrons. The lowest BCUT2D eigenvalue weighted by Gasteiger charge is -2.15. The number of halogens is 1. The first-order chi connectivity index (χ1) is 7.69. The number of likely N-dealkylation sites (tertiary alicyclic amines) is 1. The number of nitrogens with zero attached hydrogens (tertiary/aromatic N) is 1. The summed E-state index contributed by atoms with van der Waals surface area (Å²) in [6, 6.07) is 2.10. The van der Waals surface area contributed by atoms with E-state index in [0.29, 0.717) is 11.8 Å². The third-order valence-corrected chi connectivity index (χ3v) is 4.64. The molecule has 1 aromatic heterocycles. The summed E-state index contributed by atoms with van der Waals surface area (Å²) < 4.78 is 1.12. The van der Waals surface area contributed by atoms with E-state index < -0.39 is 0 Å². The third-order valence-electron chi connectivity index (χ3n) is 2.96. The number of hydrogen-bond acceptors (Lipinski definition) is 2. The van der Waals surface area contributed by atoms with Gasteiger partial charge in [0, 0.05) is 27.7 Å². The predicted molar refractivity (Wildman–Crippen MR) is 70.5 cm³/mol. The molecular weight excluding hydrogens is 286 g/mol. The first kappa shape index (κ1) is 12.1. The monoisotopic (exact) mass is 301 g/mol. The fourth-order valence-corrected chi connectivity index (χ4v) is 3.70. The van der Waals surface area contributed by atoms with Crippen LogP contribution in [0.3, 0.4) is 0 Å². The Balaban J connectivity index is 1.93. The van der Waals surface area contributed by atoms with Gasteiger partial charge in [0.25, 0.3) is 0 Å². The second-order valence-corrected chi connectivity index (χ2v) is 6.28. The van der Waals surface area contributed by atoms with Crippen molar-refractivity contribution in [3.8, 4) is 0 Å². The number of rotatable bonds is 4. The average Bonchev–Trinajstić information content (AvgIpc) is 2.76. The Morgan fingerprint density at radius 1 is 1.62 bits per heavy atom. The summed E-state index contributed by atoms with van der Waals surface area (Å²) in [5.41, 5.74) is 0. The quantitative estimate of drug-likeness (QED) is 0.831. The van der Waals surface area contributed by atoms with Crippen molar-refractivity contribution in [2.24, 2.45) is 5.92 Å². The maximum atomic E-state index is 11.8. The molecule has 0 N–H and O–H groups in total. The van der Waals surface area contributed by atoms with E-state index in [1.54, 1.807) is 11.3 Å². The number of carbonyl (C=O) groups excluding carboxylic acids is 1. The molecule has 0 bridgehead atoms. The van der Waals surface area contributed by atoms with Gasteiger partial charge < -0.3 is 4.90 Å². The standard InChI is InChI=1S/C12H16BrNOS/c1-2-3-9-4-12(15)14(6-9)7-11-5-10(13)8-16-11/h5,8-9H,2-4,6-7H2,1H3. The zero-order valence-electron chi connectivity index (χ0n) is 9.41. The van der Waals surface area contributed by atoms with Crippen LogP contribution in [0.1, 0.15) is 31.1 Å². The molecule has 1 aromatic rings. The number of amides is 1. The lowest BCUT2D eigenvalue weighted by atomic mass is 10.0. The second kappa shape index (κ2) is 5.32. The first-order valence-electron chi connectivity index (χ1n) is 5.69. The highest BCUT2D eigenvalue weighted by Crippen LogP contribution is 2.26. The lowest BCUT2D eigenvalue weighted by Crippen LogP contribution is -2.24. The van der Waals surface area contributed by atoms with E-state index >= 15 is 0 Å². The molecule has 0 radical (unpaired) electrons. The minimum Gasteiger partial charge on any atom is -0.337 e. The minimum atomic E-state index is 0.322. The molecule has 0 aromatic carbocycles. The van der Waals surface area contributed by atoms with Crippen molar-refractivity contribution in [2.45, 2.75) is 32.7 Å². The molecule has 1 amide bonds. The van der Waals surface area contributed by atoms with Crippen molar-refractivity contribution in [1.29, 1.82) is 0 Å². The Bertz CT molecular complexity index is 377. The fourth-order valence-electron chi connectivity index (χ4n) is 2.23. The summed E-state index contributed by atoms with van der Waals surface area (Å²) >= 11 is 5.15. The van der Waals surface area contributed by atoms with Crippen molar-refractivity contribution in [3.05, 3.63) is 20.8 Å². The molecule has 1 unspecified atom stereocenters. The van der Waals surface area contributed by atoms with Gasteiger partial charge in [-0.15, -0.1) is 11.3 Å². The maximum absolute atomic E-state index is 11.8. The molecule has 2 heterocycles. The first-order valence-corrected chi connectivity index (χ1v) is 7.37. The summed E-state index contributed by atoms with van der Waals surface area (Å²) in [7, 11) is 0. The van der Waals surface area contributed by atoms with E-state index in [0.717, 1.165) is 24.0 Å². The molecule has 1 aliphatic rings. The van der Waals surface area contributed by atoms with Crippen LogP contribution in [-0.4, -0.2) is 17.4 Å². The maximum Gasteiger partial charge on any atom is 0.223 e. The van der Waals surface area contributed by atoms with Crippen molar-refractivity contribution < 1.29 is 4.79 Å². The van der Waals surface area contributed by atoms with Gasteiger partial charge in [0.15, 0.2) is 0 Å². The fraction of sp³-hybridized carbons (Fsp3) is 0.583. The molecule has 1 atom stereocenters. The average molecular weight is 302 g/mol. The zero-order valence-corrected chi connectivity index (χ0v) is 11.8. The van der Waals surface area contributed by atoms with Crippen LogP contribution in [-0.2, 0) is 11.3 Å². The second-order valence-electron chi connectivity index (χ2n) is 4.36. The molecule has 1 fully saturated rings. The molecule has 4 heteroatoms. The lowest BCUT2D eigenvalue weighted by molar-refractivity contribution is -0.128. The van der Waals surface area contributed by atoms with E-state index in [1.165, 1.54) is 17.7 Å². The highest BCUT2D eigenvalue weighted by molar-refractivity contribution is 9.10. The summed E-state index contributed by atoms with van der Waals surface area (Å²) in [6.07, 6.45) is 3.10.